The molecule has 0 amide bonds. The number of phenolic OH excluding ortho intramolecular Hbond substituents is 1. The predicted molar refractivity (Wildman–Crippen MR) is 63.2 cm³/mol. The minimum Gasteiger partial charge on any atom is -0.508 e. The molecule has 82 valence electrons. The number of benzene rings is 1. The van der Waals surface area contributed by atoms with Crippen LogP contribution in [0.1, 0.15) is 33.3 Å². The molecule has 0 spiro atoms. The summed E-state index contributed by atoms with van der Waals surface area (Å²) < 4.78 is 12.9. The molecule has 1 nitrogen and oxygen atoms in total. The summed E-state index contributed by atoms with van der Waals surface area (Å²) in [6.45, 7) is 9.71. The highest BCUT2D eigenvalue weighted by Crippen LogP contribution is 2.23. The summed E-state index contributed by atoms with van der Waals surface area (Å²) >= 11 is 2.99. The normalized spacial score (nSPS) is 7.93. The molecule has 0 aliphatic heterocycles. The molecule has 0 unspecified atom stereocenters. The molecule has 0 radical (unpaired) electrons. The van der Waals surface area contributed by atoms with E-state index in [0.29, 0.717) is 10.0 Å². The Morgan fingerprint density at radius 3 is 1.93 bits per heavy atom. The first kappa shape index (κ1) is 15.9. The van der Waals surface area contributed by atoms with Crippen LogP contribution in [-0.4, -0.2) is 5.11 Å². The van der Waals surface area contributed by atoms with Crippen LogP contribution >= 0.6 is 15.9 Å². The van der Waals surface area contributed by atoms with Crippen LogP contribution in [0.2, 0.25) is 0 Å². The Morgan fingerprint density at radius 1 is 1.14 bits per heavy atom. The van der Waals surface area contributed by atoms with E-state index < -0.39 is 5.82 Å². The Balaban J connectivity index is 0. The minimum absolute atomic E-state index is 0.0132. The fourth-order valence-electron chi connectivity index (χ4n) is 0.636. The highest BCUT2D eigenvalue weighted by Gasteiger charge is 2.02. The summed E-state index contributed by atoms with van der Waals surface area (Å²) in [5.41, 5.74) is 0.660. The van der Waals surface area contributed by atoms with Gasteiger partial charge >= 0.3 is 0 Å². The lowest BCUT2D eigenvalue weighted by molar-refractivity contribution is 0.464. The van der Waals surface area contributed by atoms with Crippen molar-refractivity contribution in [3.8, 4) is 5.75 Å². The zero-order chi connectivity index (χ0) is 11.7. The van der Waals surface area contributed by atoms with E-state index in [1.165, 1.54) is 6.07 Å². The largest absolute Gasteiger partial charge is 0.508 e. The molecule has 0 heterocycles. The molecule has 0 atom stereocenters. The van der Waals surface area contributed by atoms with Crippen molar-refractivity contribution in [1.29, 1.82) is 0 Å². The van der Waals surface area contributed by atoms with Crippen molar-refractivity contribution in [3.05, 3.63) is 28.0 Å². The summed E-state index contributed by atoms with van der Waals surface area (Å²) in [5, 5.41) is 8.96. The third-order valence-corrected chi connectivity index (χ3v) is 1.85. The van der Waals surface area contributed by atoms with Gasteiger partial charge in [0.05, 0.1) is 4.47 Å². The van der Waals surface area contributed by atoms with E-state index in [1.807, 2.05) is 27.7 Å². The first-order valence-electron chi connectivity index (χ1n) is 4.76. The summed E-state index contributed by atoms with van der Waals surface area (Å²) in [5.74, 6) is -0.455. The minimum atomic E-state index is -0.442. The lowest BCUT2D eigenvalue weighted by Gasteiger charge is -1.98. The van der Waals surface area contributed by atoms with Gasteiger partial charge in [0.1, 0.15) is 11.6 Å². The Kier molecular flexibility index (Phi) is 10.2. The number of rotatable bonds is 0. The van der Waals surface area contributed by atoms with Crippen LogP contribution in [0.3, 0.4) is 0 Å². The fourth-order valence-corrected chi connectivity index (χ4v) is 1.09. The maximum atomic E-state index is 12.6. The van der Waals surface area contributed by atoms with Gasteiger partial charge in [-0.2, -0.15) is 0 Å². The van der Waals surface area contributed by atoms with Crippen molar-refractivity contribution < 1.29 is 9.50 Å². The summed E-state index contributed by atoms with van der Waals surface area (Å²) in [7, 11) is 0. The van der Waals surface area contributed by atoms with Crippen LogP contribution in [0.5, 0.6) is 5.75 Å². The smallest absolute Gasteiger partial charge is 0.141 e. The Hall–Kier alpha value is -0.570. The molecule has 0 aliphatic carbocycles. The van der Waals surface area contributed by atoms with Gasteiger partial charge in [0.15, 0.2) is 0 Å². The third kappa shape index (κ3) is 5.22. The quantitative estimate of drug-likeness (QED) is 0.723. The molecule has 0 aliphatic rings. The van der Waals surface area contributed by atoms with Gasteiger partial charge in [-0.15, -0.1) is 0 Å². The van der Waals surface area contributed by atoms with Crippen molar-refractivity contribution in [2.24, 2.45) is 0 Å². The number of phenols is 1. The lowest BCUT2D eigenvalue weighted by Crippen LogP contribution is -1.79. The van der Waals surface area contributed by atoms with Crippen molar-refractivity contribution in [3.63, 3.8) is 0 Å². The maximum absolute atomic E-state index is 12.6. The number of aryl methyl sites for hydroxylation is 1. The second-order valence-electron chi connectivity index (χ2n) is 2.05. The van der Waals surface area contributed by atoms with Crippen LogP contribution in [0.15, 0.2) is 16.6 Å². The molecule has 0 aromatic heterocycles. The van der Waals surface area contributed by atoms with Crippen LogP contribution in [0, 0.1) is 12.7 Å². The van der Waals surface area contributed by atoms with Gasteiger partial charge in [0, 0.05) is 6.07 Å². The standard InChI is InChI=1S/C7H6BrFO.2C2H6/c1-4-2-5(8)6(9)3-7(4)10;2*1-2/h2-3,10H,1H3;2*1-2H3. The molecule has 0 fully saturated rings. The fraction of sp³-hybridized carbons (Fsp3) is 0.455. The molecule has 1 aromatic carbocycles. The molecule has 0 saturated heterocycles. The van der Waals surface area contributed by atoms with Crippen molar-refractivity contribution in [1.82, 2.24) is 0 Å². The number of hydrogen-bond acceptors (Lipinski definition) is 1. The van der Waals surface area contributed by atoms with E-state index in [-0.39, 0.29) is 5.75 Å². The number of hydrogen-bond donors (Lipinski definition) is 1. The molecule has 0 saturated carbocycles. The zero-order valence-electron chi connectivity index (χ0n) is 9.36. The van der Waals surface area contributed by atoms with E-state index in [0.717, 1.165) is 6.07 Å². The summed E-state index contributed by atoms with van der Waals surface area (Å²) in [6, 6.07) is 2.62. The lowest BCUT2D eigenvalue weighted by atomic mass is 10.2. The second-order valence-corrected chi connectivity index (χ2v) is 2.91. The highest BCUT2D eigenvalue weighted by molar-refractivity contribution is 9.10. The highest BCUT2D eigenvalue weighted by atomic mass is 79.9. The predicted octanol–water partition coefficient (Wildman–Crippen LogP) is 4.65. The van der Waals surface area contributed by atoms with Crippen molar-refractivity contribution >= 4 is 15.9 Å². The molecule has 1 rings (SSSR count). The van der Waals surface area contributed by atoms with E-state index >= 15 is 0 Å². The molecular formula is C11H18BrFO. The van der Waals surface area contributed by atoms with Gasteiger partial charge in [-0.1, -0.05) is 27.7 Å². The molecule has 1 N–H and O–H groups in total. The average Bonchev–Trinajstić information content (AvgIpc) is 2.21. The van der Waals surface area contributed by atoms with Crippen LogP contribution < -0.4 is 0 Å². The van der Waals surface area contributed by atoms with Crippen LogP contribution in [0.25, 0.3) is 0 Å². The first-order valence-corrected chi connectivity index (χ1v) is 5.55. The van der Waals surface area contributed by atoms with Gasteiger partial charge in [0.25, 0.3) is 0 Å². The number of aromatic hydroxyl groups is 1. The third-order valence-electron chi connectivity index (χ3n) is 1.24. The first-order chi connectivity index (χ1) is 6.61. The Labute approximate surface area is 94.1 Å². The van der Waals surface area contributed by atoms with E-state index in [4.69, 9.17) is 5.11 Å². The Morgan fingerprint density at radius 2 is 1.57 bits per heavy atom. The topological polar surface area (TPSA) is 20.2 Å². The molecule has 3 heteroatoms. The maximum Gasteiger partial charge on any atom is 0.141 e. The van der Waals surface area contributed by atoms with Crippen molar-refractivity contribution in [2.45, 2.75) is 34.6 Å². The average molecular weight is 265 g/mol. The van der Waals surface area contributed by atoms with Gasteiger partial charge < -0.3 is 5.11 Å². The van der Waals surface area contributed by atoms with Gasteiger partial charge in [-0.25, -0.2) is 4.39 Å². The van der Waals surface area contributed by atoms with E-state index in [2.05, 4.69) is 15.9 Å². The van der Waals surface area contributed by atoms with Gasteiger partial charge in [-0.05, 0) is 34.5 Å². The van der Waals surface area contributed by atoms with Crippen LogP contribution in [-0.2, 0) is 0 Å². The van der Waals surface area contributed by atoms with Gasteiger partial charge in [-0.3, -0.25) is 0 Å². The van der Waals surface area contributed by atoms with Gasteiger partial charge in [0.2, 0.25) is 0 Å². The monoisotopic (exact) mass is 264 g/mol. The van der Waals surface area contributed by atoms with Crippen LogP contribution in [0.4, 0.5) is 4.39 Å². The van der Waals surface area contributed by atoms with E-state index in [1.54, 1.807) is 6.92 Å². The zero-order valence-corrected chi connectivity index (χ0v) is 10.9. The SMILES string of the molecule is CC.CC.Cc1cc(Br)c(F)cc1O. The van der Waals surface area contributed by atoms with E-state index in [9.17, 15) is 4.39 Å². The summed E-state index contributed by atoms with van der Waals surface area (Å²) in [4.78, 5) is 0. The molecular weight excluding hydrogens is 247 g/mol. The second kappa shape index (κ2) is 9.00. The number of halogens is 2. The molecule has 14 heavy (non-hydrogen) atoms. The molecule has 0 bridgehead atoms. The van der Waals surface area contributed by atoms with Crippen molar-refractivity contribution in [2.75, 3.05) is 0 Å². The molecule has 1 aromatic rings. The summed E-state index contributed by atoms with van der Waals surface area (Å²) in [6.07, 6.45) is 0. The Bertz CT molecular complexity index is 211.